The van der Waals surface area contributed by atoms with Crippen molar-refractivity contribution in [2.24, 2.45) is 0 Å². The van der Waals surface area contributed by atoms with Gasteiger partial charge < -0.3 is 18.6 Å². The number of fused-ring (bicyclic) bond motifs is 1. The van der Waals surface area contributed by atoms with Gasteiger partial charge in [0.2, 0.25) is 6.79 Å². The van der Waals surface area contributed by atoms with E-state index in [2.05, 4.69) is 29.2 Å². The number of hydrogen-bond donors (Lipinski definition) is 0. The molecule has 1 aromatic heterocycles. The van der Waals surface area contributed by atoms with E-state index in [-0.39, 0.29) is 0 Å². The van der Waals surface area contributed by atoms with Crippen molar-refractivity contribution < 1.29 is 18.6 Å². The van der Waals surface area contributed by atoms with Gasteiger partial charge in [-0.1, -0.05) is 24.3 Å². The molecule has 0 radical (unpaired) electrons. The van der Waals surface area contributed by atoms with Gasteiger partial charge in [-0.15, -0.1) is 0 Å². The molecule has 146 valence electrons. The first kappa shape index (κ1) is 18.4. The Kier molecular flexibility index (Phi) is 5.83. The summed E-state index contributed by atoms with van der Waals surface area (Å²) in [6, 6.07) is 18.3. The van der Waals surface area contributed by atoms with Crippen LogP contribution in [0.25, 0.3) is 0 Å². The van der Waals surface area contributed by atoms with Crippen LogP contribution in [0.5, 0.6) is 17.2 Å². The molecule has 0 aliphatic carbocycles. The number of ether oxygens (including phenoxy) is 3. The maximum atomic E-state index is 5.81. The molecule has 0 unspecified atom stereocenters. The van der Waals surface area contributed by atoms with E-state index in [4.69, 9.17) is 18.6 Å². The highest BCUT2D eigenvalue weighted by atomic mass is 16.7. The topological polar surface area (TPSA) is 44.1 Å². The highest BCUT2D eigenvalue weighted by molar-refractivity contribution is 5.44. The van der Waals surface area contributed by atoms with Crippen LogP contribution >= 0.6 is 0 Å². The van der Waals surface area contributed by atoms with Crippen molar-refractivity contribution in [2.45, 2.75) is 26.4 Å². The maximum Gasteiger partial charge on any atom is 0.231 e. The van der Waals surface area contributed by atoms with Crippen LogP contribution in [0, 0.1) is 0 Å². The second-order valence-corrected chi connectivity index (χ2v) is 6.77. The molecule has 0 amide bonds. The number of hydrogen-bond acceptors (Lipinski definition) is 5. The first-order valence-electron chi connectivity index (χ1n) is 9.66. The summed E-state index contributed by atoms with van der Waals surface area (Å²) in [6.07, 6.45) is 2.63. The average Bonchev–Trinajstić information content (AvgIpc) is 3.39. The van der Waals surface area contributed by atoms with Crippen LogP contribution in [-0.2, 0) is 19.5 Å². The fourth-order valence-electron chi connectivity index (χ4n) is 3.39. The highest BCUT2D eigenvalue weighted by Gasteiger charge is 2.15. The van der Waals surface area contributed by atoms with Crippen LogP contribution in [0.4, 0.5) is 0 Å². The molecule has 4 rings (SSSR count). The van der Waals surface area contributed by atoms with Crippen molar-refractivity contribution in [1.29, 1.82) is 0 Å². The largest absolute Gasteiger partial charge is 0.494 e. The summed E-state index contributed by atoms with van der Waals surface area (Å²) in [5, 5.41) is 0. The number of nitrogens with zero attached hydrogens (tertiary/aromatic N) is 1. The highest BCUT2D eigenvalue weighted by Crippen LogP contribution is 2.32. The molecular weight excluding hydrogens is 354 g/mol. The van der Waals surface area contributed by atoms with Gasteiger partial charge in [0.1, 0.15) is 11.5 Å². The van der Waals surface area contributed by atoms with E-state index in [1.807, 2.05) is 37.3 Å². The Balaban J connectivity index is 1.47. The fraction of sp³-hybridized carbons (Fsp3) is 0.304. The Bertz CT molecular complexity index is 891. The Hall–Kier alpha value is -2.92. The quantitative estimate of drug-likeness (QED) is 0.541. The van der Waals surface area contributed by atoms with Gasteiger partial charge in [0, 0.05) is 18.7 Å². The van der Waals surface area contributed by atoms with Gasteiger partial charge in [0.05, 0.1) is 19.4 Å². The molecule has 5 heteroatoms. The molecule has 0 saturated carbocycles. The van der Waals surface area contributed by atoms with Crippen molar-refractivity contribution in [3.05, 3.63) is 77.7 Å². The molecule has 0 fully saturated rings. The molecule has 2 heterocycles. The smallest absolute Gasteiger partial charge is 0.231 e. The predicted molar refractivity (Wildman–Crippen MR) is 107 cm³/mol. The third kappa shape index (κ3) is 4.49. The third-order valence-corrected chi connectivity index (χ3v) is 4.78. The van der Waals surface area contributed by atoms with E-state index < -0.39 is 0 Å². The Morgan fingerprint density at radius 1 is 0.964 bits per heavy atom. The van der Waals surface area contributed by atoms with Crippen molar-refractivity contribution in [3.63, 3.8) is 0 Å². The molecule has 0 N–H and O–H groups in total. The molecule has 0 atom stereocenters. The summed E-state index contributed by atoms with van der Waals surface area (Å²) in [4.78, 5) is 2.38. The second kappa shape index (κ2) is 8.85. The molecule has 1 aliphatic rings. The summed E-state index contributed by atoms with van der Waals surface area (Å²) in [6.45, 7) is 5.40. The van der Waals surface area contributed by atoms with Gasteiger partial charge in [-0.2, -0.15) is 0 Å². The monoisotopic (exact) mass is 379 g/mol. The zero-order valence-corrected chi connectivity index (χ0v) is 16.1. The van der Waals surface area contributed by atoms with Gasteiger partial charge in [-0.25, -0.2) is 0 Å². The number of furan rings is 1. The number of benzene rings is 2. The standard InChI is InChI=1S/C23H25NO4/c1-2-25-21-8-4-3-6-19(21)15-24(16-20-7-5-13-26-20)12-11-18-9-10-22-23(14-18)28-17-27-22/h3-10,13-14H,2,11-12,15-17H2,1H3. The molecule has 0 saturated heterocycles. The van der Waals surface area contributed by atoms with Crippen LogP contribution in [-0.4, -0.2) is 24.8 Å². The second-order valence-electron chi connectivity index (χ2n) is 6.77. The van der Waals surface area contributed by atoms with Gasteiger partial charge in [-0.3, -0.25) is 4.90 Å². The first-order chi connectivity index (χ1) is 13.8. The lowest BCUT2D eigenvalue weighted by atomic mass is 10.1. The summed E-state index contributed by atoms with van der Waals surface area (Å²) < 4.78 is 22.3. The van der Waals surface area contributed by atoms with E-state index in [9.17, 15) is 0 Å². The Morgan fingerprint density at radius 3 is 2.71 bits per heavy atom. The van der Waals surface area contributed by atoms with Crippen LogP contribution in [0.2, 0.25) is 0 Å². The lowest BCUT2D eigenvalue weighted by Crippen LogP contribution is -2.25. The molecule has 1 aliphatic heterocycles. The normalized spacial score (nSPS) is 12.5. The number of para-hydroxylation sites is 1. The van der Waals surface area contributed by atoms with Crippen LogP contribution < -0.4 is 14.2 Å². The van der Waals surface area contributed by atoms with E-state index in [0.29, 0.717) is 13.4 Å². The minimum atomic E-state index is 0.303. The molecule has 2 aromatic carbocycles. The minimum absolute atomic E-state index is 0.303. The van der Waals surface area contributed by atoms with Crippen LogP contribution in [0.3, 0.4) is 0 Å². The number of rotatable bonds is 9. The summed E-state index contributed by atoms with van der Waals surface area (Å²) in [7, 11) is 0. The average molecular weight is 379 g/mol. The molecule has 5 nitrogen and oxygen atoms in total. The van der Waals surface area contributed by atoms with Gasteiger partial charge >= 0.3 is 0 Å². The van der Waals surface area contributed by atoms with Gasteiger partial charge in [-0.05, 0) is 49.2 Å². The van der Waals surface area contributed by atoms with E-state index in [1.54, 1.807) is 6.26 Å². The zero-order chi connectivity index (χ0) is 19.2. The van der Waals surface area contributed by atoms with E-state index >= 15 is 0 Å². The Labute approximate surface area is 165 Å². The molecule has 28 heavy (non-hydrogen) atoms. The van der Waals surface area contributed by atoms with E-state index in [1.165, 1.54) is 11.1 Å². The van der Waals surface area contributed by atoms with Crippen LogP contribution in [0.1, 0.15) is 23.8 Å². The molecule has 3 aromatic rings. The van der Waals surface area contributed by atoms with E-state index in [0.717, 1.165) is 49.1 Å². The third-order valence-electron chi connectivity index (χ3n) is 4.78. The first-order valence-corrected chi connectivity index (χ1v) is 9.66. The predicted octanol–water partition coefficient (Wildman–Crippen LogP) is 4.65. The van der Waals surface area contributed by atoms with Crippen molar-refractivity contribution in [2.75, 3.05) is 19.9 Å². The Morgan fingerprint density at radius 2 is 1.86 bits per heavy atom. The zero-order valence-electron chi connectivity index (χ0n) is 16.1. The summed E-state index contributed by atoms with van der Waals surface area (Å²) in [5.74, 6) is 3.55. The van der Waals surface area contributed by atoms with Gasteiger partial charge in [0.15, 0.2) is 11.5 Å². The van der Waals surface area contributed by atoms with Crippen molar-refractivity contribution in [3.8, 4) is 17.2 Å². The van der Waals surface area contributed by atoms with Crippen LogP contribution in [0.15, 0.2) is 65.3 Å². The van der Waals surface area contributed by atoms with Crippen molar-refractivity contribution >= 4 is 0 Å². The fourth-order valence-corrected chi connectivity index (χ4v) is 3.39. The minimum Gasteiger partial charge on any atom is -0.494 e. The maximum absolute atomic E-state index is 5.81. The van der Waals surface area contributed by atoms with Crippen molar-refractivity contribution in [1.82, 2.24) is 4.90 Å². The lowest BCUT2D eigenvalue weighted by Gasteiger charge is -2.23. The molecule has 0 spiro atoms. The summed E-state index contributed by atoms with van der Waals surface area (Å²) in [5.41, 5.74) is 2.41. The van der Waals surface area contributed by atoms with Gasteiger partial charge in [0.25, 0.3) is 0 Å². The molecule has 0 bridgehead atoms. The SMILES string of the molecule is CCOc1ccccc1CN(CCc1ccc2c(c1)OCO2)Cc1ccco1. The molecular formula is C23H25NO4. The summed E-state index contributed by atoms with van der Waals surface area (Å²) >= 11 is 0. The lowest BCUT2D eigenvalue weighted by molar-refractivity contribution is 0.174.